The number of hydrogen-bond donors (Lipinski definition) is 2. The van der Waals surface area contributed by atoms with Crippen LogP contribution in [0.1, 0.15) is 24.2 Å². The molecule has 0 radical (unpaired) electrons. The Morgan fingerprint density at radius 3 is 2.23 bits per heavy atom. The monoisotopic (exact) mass is 317 g/mol. The average Bonchev–Trinajstić information content (AvgIpc) is 2.54. The second-order valence-electron chi connectivity index (χ2n) is 5.04. The van der Waals surface area contributed by atoms with Crippen LogP contribution >= 0.6 is 0 Å². The van der Waals surface area contributed by atoms with E-state index in [1.807, 2.05) is 6.07 Å². The molecule has 0 aromatic heterocycles. The normalized spacial score (nSPS) is 14.3. The van der Waals surface area contributed by atoms with E-state index in [0.717, 1.165) is 5.56 Å². The molecular formula is C17H19NO3S. The average molecular weight is 317 g/mol. The molecule has 116 valence electrons. The van der Waals surface area contributed by atoms with Crippen LogP contribution in [0, 0.1) is 0 Å². The van der Waals surface area contributed by atoms with Crippen LogP contribution in [0.5, 0.6) is 0 Å². The minimum absolute atomic E-state index is 0.158. The fourth-order valence-corrected chi connectivity index (χ4v) is 3.35. The Morgan fingerprint density at radius 2 is 1.68 bits per heavy atom. The molecule has 0 saturated carbocycles. The van der Waals surface area contributed by atoms with Crippen molar-refractivity contribution < 1.29 is 13.5 Å². The van der Waals surface area contributed by atoms with Gasteiger partial charge in [0.05, 0.1) is 11.0 Å². The number of hydrogen-bond acceptors (Lipinski definition) is 3. The van der Waals surface area contributed by atoms with Gasteiger partial charge < -0.3 is 5.11 Å². The molecule has 2 rings (SSSR count). The lowest BCUT2D eigenvalue weighted by Crippen LogP contribution is -2.37. The van der Waals surface area contributed by atoms with E-state index in [4.69, 9.17) is 0 Å². The lowest BCUT2D eigenvalue weighted by Gasteiger charge is -2.20. The molecule has 0 heterocycles. The van der Waals surface area contributed by atoms with Crippen molar-refractivity contribution in [1.29, 1.82) is 0 Å². The summed E-state index contributed by atoms with van der Waals surface area (Å²) in [6.07, 6.45) is 0.731. The Hall–Kier alpha value is -1.95. The first kappa shape index (κ1) is 16.4. The summed E-state index contributed by atoms with van der Waals surface area (Å²) >= 11 is 0. The van der Waals surface area contributed by atoms with Gasteiger partial charge in [-0.3, -0.25) is 0 Å². The third-order valence-electron chi connectivity index (χ3n) is 3.38. The van der Waals surface area contributed by atoms with E-state index in [2.05, 4.69) is 11.3 Å². The van der Waals surface area contributed by atoms with Gasteiger partial charge in [-0.05, 0) is 30.2 Å². The number of rotatable bonds is 6. The van der Waals surface area contributed by atoms with Gasteiger partial charge in [-0.15, -0.1) is 0 Å². The molecule has 0 unspecified atom stereocenters. The standard InChI is InChI=1S/C17H19NO3S/c1-3-14-9-11-16(12-10-14)22(20,21)18-13(2)17(19)15-7-5-4-6-8-15/h3-13,17-19H,1H2,2H3/t13-,17-/m1/s1. The van der Waals surface area contributed by atoms with Crippen molar-refractivity contribution in [3.63, 3.8) is 0 Å². The third kappa shape index (κ3) is 3.82. The van der Waals surface area contributed by atoms with Crippen LogP contribution in [0.4, 0.5) is 0 Å². The second-order valence-corrected chi connectivity index (χ2v) is 6.75. The van der Waals surface area contributed by atoms with Gasteiger partial charge in [-0.1, -0.05) is 55.1 Å². The quantitative estimate of drug-likeness (QED) is 0.861. The first-order valence-corrected chi connectivity index (χ1v) is 8.40. The maximum Gasteiger partial charge on any atom is 0.240 e. The van der Waals surface area contributed by atoms with Crippen molar-refractivity contribution in [1.82, 2.24) is 4.72 Å². The Balaban J connectivity index is 2.15. The van der Waals surface area contributed by atoms with Gasteiger partial charge in [-0.2, -0.15) is 0 Å². The molecule has 0 saturated heterocycles. The molecule has 0 fully saturated rings. The smallest absolute Gasteiger partial charge is 0.240 e. The molecule has 0 aliphatic heterocycles. The van der Waals surface area contributed by atoms with Gasteiger partial charge in [0.25, 0.3) is 0 Å². The summed E-state index contributed by atoms with van der Waals surface area (Å²) in [6, 6.07) is 14.7. The summed E-state index contributed by atoms with van der Waals surface area (Å²) in [6.45, 7) is 5.26. The van der Waals surface area contributed by atoms with E-state index in [1.165, 1.54) is 12.1 Å². The summed E-state index contributed by atoms with van der Waals surface area (Å²) < 4.78 is 27.2. The van der Waals surface area contributed by atoms with Crippen molar-refractivity contribution >= 4 is 16.1 Å². The predicted octanol–water partition coefficient (Wildman–Crippen LogP) is 2.73. The largest absolute Gasteiger partial charge is 0.387 e. The SMILES string of the molecule is C=Cc1ccc(S(=O)(=O)N[C@H](C)[C@@H](O)c2ccccc2)cc1. The van der Waals surface area contributed by atoms with Crippen LogP contribution < -0.4 is 4.72 Å². The van der Waals surface area contributed by atoms with Gasteiger partial charge in [0.1, 0.15) is 0 Å². The third-order valence-corrected chi connectivity index (χ3v) is 4.96. The lowest BCUT2D eigenvalue weighted by atomic mass is 10.0. The van der Waals surface area contributed by atoms with E-state index >= 15 is 0 Å². The maximum atomic E-state index is 12.3. The van der Waals surface area contributed by atoms with Crippen molar-refractivity contribution in [2.45, 2.75) is 24.0 Å². The minimum atomic E-state index is -3.68. The number of aliphatic hydroxyl groups is 1. The van der Waals surface area contributed by atoms with Crippen molar-refractivity contribution in [2.75, 3.05) is 0 Å². The molecule has 2 N–H and O–H groups in total. The Morgan fingerprint density at radius 1 is 1.09 bits per heavy atom. The molecule has 0 amide bonds. The number of nitrogens with one attached hydrogen (secondary N) is 1. The second kappa shape index (κ2) is 6.87. The van der Waals surface area contributed by atoms with Crippen LogP contribution in [0.2, 0.25) is 0 Å². The molecule has 4 nitrogen and oxygen atoms in total. The fraction of sp³-hybridized carbons (Fsp3) is 0.176. The molecule has 2 aromatic carbocycles. The Bertz CT molecular complexity index is 724. The first-order valence-electron chi connectivity index (χ1n) is 6.92. The van der Waals surface area contributed by atoms with Gasteiger partial charge in [0.2, 0.25) is 10.0 Å². The summed E-state index contributed by atoms with van der Waals surface area (Å²) in [5.74, 6) is 0. The summed E-state index contributed by atoms with van der Waals surface area (Å²) in [5.41, 5.74) is 1.51. The molecule has 22 heavy (non-hydrogen) atoms. The predicted molar refractivity (Wildman–Crippen MR) is 87.7 cm³/mol. The topological polar surface area (TPSA) is 66.4 Å². The number of sulfonamides is 1. The summed E-state index contributed by atoms with van der Waals surface area (Å²) in [5, 5.41) is 10.2. The Kier molecular flexibility index (Phi) is 5.13. The van der Waals surface area contributed by atoms with E-state index in [-0.39, 0.29) is 4.90 Å². The lowest BCUT2D eigenvalue weighted by molar-refractivity contribution is 0.146. The van der Waals surface area contributed by atoms with E-state index in [9.17, 15) is 13.5 Å². The van der Waals surface area contributed by atoms with Crippen LogP contribution in [-0.2, 0) is 10.0 Å². The molecule has 2 aromatic rings. The van der Waals surface area contributed by atoms with Gasteiger partial charge in [-0.25, -0.2) is 13.1 Å². The molecule has 2 atom stereocenters. The van der Waals surface area contributed by atoms with E-state index < -0.39 is 22.2 Å². The van der Waals surface area contributed by atoms with Crippen LogP contribution in [0.3, 0.4) is 0 Å². The van der Waals surface area contributed by atoms with E-state index in [1.54, 1.807) is 49.4 Å². The molecule has 0 aliphatic rings. The number of benzene rings is 2. The van der Waals surface area contributed by atoms with Gasteiger partial charge >= 0.3 is 0 Å². The first-order chi connectivity index (χ1) is 10.4. The summed E-state index contributed by atoms with van der Waals surface area (Å²) in [4.78, 5) is 0.158. The van der Waals surface area contributed by atoms with Crippen LogP contribution in [0.25, 0.3) is 6.08 Å². The maximum absolute atomic E-state index is 12.3. The van der Waals surface area contributed by atoms with Crippen molar-refractivity contribution in [3.8, 4) is 0 Å². The van der Waals surface area contributed by atoms with Crippen molar-refractivity contribution in [3.05, 3.63) is 72.3 Å². The zero-order valence-corrected chi connectivity index (χ0v) is 13.1. The highest BCUT2D eigenvalue weighted by atomic mass is 32.2. The highest BCUT2D eigenvalue weighted by molar-refractivity contribution is 7.89. The van der Waals surface area contributed by atoms with Gasteiger partial charge in [0, 0.05) is 6.04 Å². The van der Waals surface area contributed by atoms with Crippen LogP contribution in [-0.4, -0.2) is 19.6 Å². The minimum Gasteiger partial charge on any atom is -0.387 e. The van der Waals surface area contributed by atoms with Crippen LogP contribution in [0.15, 0.2) is 66.1 Å². The summed E-state index contributed by atoms with van der Waals surface area (Å²) in [7, 11) is -3.68. The number of aliphatic hydroxyl groups excluding tert-OH is 1. The molecule has 0 aliphatic carbocycles. The van der Waals surface area contributed by atoms with E-state index in [0.29, 0.717) is 5.56 Å². The molecule has 5 heteroatoms. The molecule has 0 spiro atoms. The zero-order chi connectivity index (χ0) is 16.2. The zero-order valence-electron chi connectivity index (χ0n) is 12.3. The molecular weight excluding hydrogens is 298 g/mol. The fourth-order valence-electron chi connectivity index (χ4n) is 2.10. The van der Waals surface area contributed by atoms with Gasteiger partial charge in [0.15, 0.2) is 0 Å². The molecule has 0 bridgehead atoms. The van der Waals surface area contributed by atoms with Crippen molar-refractivity contribution in [2.24, 2.45) is 0 Å². The Labute approximate surface area is 131 Å². The highest BCUT2D eigenvalue weighted by Gasteiger charge is 2.23. The highest BCUT2D eigenvalue weighted by Crippen LogP contribution is 2.19.